The summed E-state index contributed by atoms with van der Waals surface area (Å²) in [7, 11) is 0. The van der Waals surface area contributed by atoms with Gasteiger partial charge < -0.3 is 5.11 Å². The molecule has 82 valence electrons. The van der Waals surface area contributed by atoms with E-state index in [4.69, 9.17) is 0 Å². The number of nitrogens with zero attached hydrogens (tertiary/aromatic N) is 1. The fourth-order valence-corrected chi connectivity index (χ4v) is 2.23. The molecule has 1 aliphatic rings. The predicted molar refractivity (Wildman–Crippen MR) is 61.4 cm³/mol. The van der Waals surface area contributed by atoms with Gasteiger partial charge in [-0.2, -0.15) is 0 Å². The number of hydrogen-bond acceptors (Lipinski definition) is 2. The van der Waals surface area contributed by atoms with E-state index in [0.29, 0.717) is 0 Å². The van der Waals surface area contributed by atoms with E-state index in [9.17, 15) is 5.11 Å². The number of fused-ring (bicyclic) bond motifs is 1. The summed E-state index contributed by atoms with van der Waals surface area (Å²) in [6, 6.07) is 8.79. The van der Waals surface area contributed by atoms with Crippen molar-refractivity contribution in [2.75, 3.05) is 0 Å². The molecule has 1 aromatic carbocycles. The minimum atomic E-state index is -0.209. The Morgan fingerprint density at radius 2 is 1.80 bits per heavy atom. The van der Waals surface area contributed by atoms with Gasteiger partial charge in [0.1, 0.15) is 0 Å². The molecule has 0 bridgehead atoms. The Balaban J connectivity index is 2.07. The van der Waals surface area contributed by atoms with Crippen LogP contribution in [0.2, 0.25) is 0 Å². The van der Waals surface area contributed by atoms with E-state index >= 15 is 0 Å². The van der Waals surface area contributed by atoms with Crippen LogP contribution in [0.5, 0.6) is 0 Å². The standard InChI is InChI=1S/C13H19NO/c1-3-13(15)10(2)14-8-11-6-4-5-7-12(11)9-14/h4-7,10,13,15H,3,8-9H2,1-2H3. The van der Waals surface area contributed by atoms with Gasteiger partial charge >= 0.3 is 0 Å². The quantitative estimate of drug-likeness (QED) is 0.817. The van der Waals surface area contributed by atoms with Crippen LogP contribution in [0.3, 0.4) is 0 Å². The van der Waals surface area contributed by atoms with Gasteiger partial charge in [-0.1, -0.05) is 31.2 Å². The highest BCUT2D eigenvalue weighted by molar-refractivity contribution is 5.30. The molecule has 2 unspecified atom stereocenters. The second kappa shape index (κ2) is 4.33. The maximum absolute atomic E-state index is 9.82. The molecule has 0 saturated heterocycles. The molecule has 0 fully saturated rings. The number of benzene rings is 1. The van der Waals surface area contributed by atoms with Gasteiger partial charge in [0.25, 0.3) is 0 Å². The van der Waals surface area contributed by atoms with Crippen molar-refractivity contribution in [3.8, 4) is 0 Å². The number of rotatable bonds is 3. The third-order valence-electron chi connectivity index (χ3n) is 3.42. The molecule has 15 heavy (non-hydrogen) atoms. The second-order valence-electron chi connectivity index (χ2n) is 4.39. The van der Waals surface area contributed by atoms with Gasteiger partial charge in [0.15, 0.2) is 0 Å². The van der Waals surface area contributed by atoms with E-state index in [2.05, 4.69) is 36.1 Å². The summed E-state index contributed by atoms with van der Waals surface area (Å²) in [5.74, 6) is 0. The first kappa shape index (κ1) is 10.7. The normalized spacial score (nSPS) is 19.9. The lowest BCUT2D eigenvalue weighted by Crippen LogP contribution is -2.37. The Morgan fingerprint density at radius 3 is 2.27 bits per heavy atom. The van der Waals surface area contributed by atoms with E-state index in [-0.39, 0.29) is 12.1 Å². The molecule has 0 saturated carbocycles. The molecule has 0 radical (unpaired) electrons. The van der Waals surface area contributed by atoms with Crippen LogP contribution < -0.4 is 0 Å². The van der Waals surface area contributed by atoms with Crippen molar-refractivity contribution in [1.29, 1.82) is 0 Å². The van der Waals surface area contributed by atoms with E-state index in [1.807, 2.05) is 6.92 Å². The van der Waals surface area contributed by atoms with Crippen molar-refractivity contribution in [2.45, 2.75) is 45.5 Å². The van der Waals surface area contributed by atoms with Crippen LogP contribution in [0.4, 0.5) is 0 Å². The first-order valence-electron chi connectivity index (χ1n) is 5.71. The van der Waals surface area contributed by atoms with Crippen LogP contribution in [0.1, 0.15) is 31.4 Å². The van der Waals surface area contributed by atoms with Crippen LogP contribution in [0.15, 0.2) is 24.3 Å². The van der Waals surface area contributed by atoms with E-state index in [1.54, 1.807) is 0 Å². The first-order chi connectivity index (χ1) is 7.22. The van der Waals surface area contributed by atoms with E-state index in [0.717, 1.165) is 19.5 Å². The SMILES string of the molecule is CCC(O)C(C)N1Cc2ccccc2C1. The van der Waals surface area contributed by atoms with Crippen LogP contribution in [0.25, 0.3) is 0 Å². The van der Waals surface area contributed by atoms with E-state index in [1.165, 1.54) is 11.1 Å². The molecule has 2 heteroatoms. The third-order valence-corrected chi connectivity index (χ3v) is 3.42. The zero-order chi connectivity index (χ0) is 10.8. The minimum Gasteiger partial charge on any atom is -0.392 e. The Labute approximate surface area is 91.5 Å². The maximum Gasteiger partial charge on any atom is 0.0690 e. The van der Waals surface area contributed by atoms with Crippen molar-refractivity contribution in [1.82, 2.24) is 4.90 Å². The summed E-state index contributed by atoms with van der Waals surface area (Å²) in [6.45, 7) is 6.10. The number of hydrogen-bond donors (Lipinski definition) is 1. The number of aliphatic hydroxyl groups excluding tert-OH is 1. The highest BCUT2D eigenvalue weighted by Crippen LogP contribution is 2.25. The lowest BCUT2D eigenvalue weighted by Gasteiger charge is -2.27. The Kier molecular flexibility index (Phi) is 3.08. The maximum atomic E-state index is 9.82. The molecule has 1 aromatic rings. The summed E-state index contributed by atoms with van der Waals surface area (Å²) in [4.78, 5) is 2.35. The van der Waals surface area contributed by atoms with Crippen LogP contribution in [-0.2, 0) is 13.1 Å². The average molecular weight is 205 g/mol. The monoisotopic (exact) mass is 205 g/mol. The number of aliphatic hydroxyl groups is 1. The molecule has 1 heterocycles. The molecule has 0 amide bonds. The lowest BCUT2D eigenvalue weighted by molar-refractivity contribution is 0.0541. The summed E-state index contributed by atoms with van der Waals surface area (Å²) < 4.78 is 0. The zero-order valence-corrected chi connectivity index (χ0v) is 9.48. The van der Waals surface area contributed by atoms with Gasteiger partial charge in [-0.3, -0.25) is 4.90 Å². The van der Waals surface area contributed by atoms with Crippen molar-refractivity contribution < 1.29 is 5.11 Å². The fraction of sp³-hybridized carbons (Fsp3) is 0.538. The highest BCUT2D eigenvalue weighted by atomic mass is 16.3. The molecular weight excluding hydrogens is 186 g/mol. The summed E-state index contributed by atoms with van der Waals surface area (Å²) in [5, 5.41) is 9.82. The van der Waals surface area contributed by atoms with Crippen LogP contribution in [0, 0.1) is 0 Å². The van der Waals surface area contributed by atoms with Crippen LogP contribution in [-0.4, -0.2) is 22.2 Å². The Hall–Kier alpha value is -0.860. The molecule has 1 N–H and O–H groups in total. The van der Waals surface area contributed by atoms with E-state index < -0.39 is 0 Å². The smallest absolute Gasteiger partial charge is 0.0690 e. The topological polar surface area (TPSA) is 23.5 Å². The molecular formula is C13H19NO. The van der Waals surface area contributed by atoms with Crippen molar-refractivity contribution in [3.63, 3.8) is 0 Å². The third kappa shape index (κ3) is 2.06. The molecule has 0 aromatic heterocycles. The average Bonchev–Trinajstić information content (AvgIpc) is 2.70. The van der Waals surface area contributed by atoms with Gasteiger partial charge in [0, 0.05) is 19.1 Å². The lowest BCUT2D eigenvalue weighted by atomic mass is 10.1. The Bertz CT molecular complexity index is 312. The van der Waals surface area contributed by atoms with Crippen molar-refractivity contribution >= 4 is 0 Å². The molecule has 0 aliphatic carbocycles. The summed E-state index contributed by atoms with van der Waals surface area (Å²) in [6.07, 6.45) is 0.618. The van der Waals surface area contributed by atoms with Crippen molar-refractivity contribution in [2.24, 2.45) is 0 Å². The largest absolute Gasteiger partial charge is 0.392 e. The van der Waals surface area contributed by atoms with Gasteiger partial charge in [-0.15, -0.1) is 0 Å². The van der Waals surface area contributed by atoms with Crippen LogP contribution >= 0.6 is 0 Å². The molecule has 2 atom stereocenters. The zero-order valence-electron chi connectivity index (χ0n) is 9.48. The van der Waals surface area contributed by atoms with Gasteiger partial charge in [-0.25, -0.2) is 0 Å². The summed E-state index contributed by atoms with van der Waals surface area (Å²) >= 11 is 0. The Morgan fingerprint density at radius 1 is 1.27 bits per heavy atom. The molecule has 0 spiro atoms. The van der Waals surface area contributed by atoms with Crippen molar-refractivity contribution in [3.05, 3.63) is 35.4 Å². The second-order valence-corrected chi connectivity index (χ2v) is 4.39. The van der Waals surface area contributed by atoms with Gasteiger partial charge in [0.05, 0.1) is 6.10 Å². The molecule has 2 rings (SSSR count). The van der Waals surface area contributed by atoms with Gasteiger partial charge in [-0.05, 0) is 24.5 Å². The summed E-state index contributed by atoms with van der Waals surface area (Å²) in [5.41, 5.74) is 2.82. The molecule has 1 aliphatic heterocycles. The highest BCUT2D eigenvalue weighted by Gasteiger charge is 2.26. The fourth-order valence-electron chi connectivity index (χ4n) is 2.23. The molecule has 2 nitrogen and oxygen atoms in total. The van der Waals surface area contributed by atoms with Gasteiger partial charge in [0.2, 0.25) is 0 Å². The predicted octanol–water partition coefficient (Wildman–Crippen LogP) is 2.16. The first-order valence-corrected chi connectivity index (χ1v) is 5.71. The minimum absolute atomic E-state index is 0.209.